The number of rotatable bonds is 6. The summed E-state index contributed by atoms with van der Waals surface area (Å²) >= 11 is 0. The van der Waals surface area contributed by atoms with Gasteiger partial charge in [0.25, 0.3) is 0 Å². The maximum Gasteiger partial charge on any atom is 0.135 e. The molecule has 5 aromatic carbocycles. The number of pyridine rings is 1. The molecule has 3 aromatic heterocycles. The van der Waals surface area contributed by atoms with Crippen LogP contribution in [0.2, 0.25) is 0 Å². The molecule has 0 saturated heterocycles. The topological polar surface area (TPSA) is 38.5 Å². The Bertz CT molecular complexity index is 2700. The van der Waals surface area contributed by atoms with Gasteiger partial charge in [-0.3, -0.25) is 0 Å². The van der Waals surface area contributed by atoms with Crippen LogP contribution in [0.5, 0.6) is 11.5 Å². The molecule has 278 valence electrons. The molecule has 0 spiro atoms. The predicted octanol–water partition coefficient (Wildman–Crippen LogP) is 12.0. The van der Waals surface area contributed by atoms with Crippen molar-refractivity contribution in [3.05, 3.63) is 170 Å². The average molecular weight is 811 g/mol. The zero-order valence-electron chi connectivity index (χ0n) is 31.8. The Kier molecular flexibility index (Phi) is 9.20. The van der Waals surface area contributed by atoms with Crippen LogP contribution in [0.4, 0.5) is 11.4 Å². The van der Waals surface area contributed by atoms with Gasteiger partial charge in [-0.25, -0.2) is 4.98 Å². The van der Waals surface area contributed by atoms with Crippen molar-refractivity contribution in [1.29, 1.82) is 0 Å². The Hall–Kier alpha value is -5.61. The van der Waals surface area contributed by atoms with E-state index in [0.717, 1.165) is 61.3 Å². The molecule has 0 amide bonds. The summed E-state index contributed by atoms with van der Waals surface area (Å²) in [6.45, 7) is 15.4. The van der Waals surface area contributed by atoms with Crippen molar-refractivity contribution in [3.63, 3.8) is 0 Å². The summed E-state index contributed by atoms with van der Waals surface area (Å²) in [6.07, 6.45) is 6.03. The maximum atomic E-state index is 6.75. The molecule has 0 bridgehead atoms. The van der Waals surface area contributed by atoms with Crippen molar-refractivity contribution in [1.82, 2.24) is 14.1 Å². The molecule has 0 radical (unpaired) electrons. The zero-order chi connectivity index (χ0) is 37.2. The predicted molar refractivity (Wildman–Crippen MR) is 222 cm³/mol. The van der Waals surface area contributed by atoms with Crippen LogP contribution in [0.1, 0.15) is 52.7 Å². The number of fused-ring (bicyclic) bond motifs is 5. The van der Waals surface area contributed by atoms with E-state index >= 15 is 0 Å². The van der Waals surface area contributed by atoms with Gasteiger partial charge in [0.05, 0.1) is 11.0 Å². The molecule has 0 fully saturated rings. The summed E-state index contributed by atoms with van der Waals surface area (Å²) in [7, 11) is 0. The van der Waals surface area contributed by atoms with Crippen LogP contribution in [-0.4, -0.2) is 14.1 Å². The monoisotopic (exact) mass is 810 g/mol. The van der Waals surface area contributed by atoms with E-state index in [0.29, 0.717) is 11.5 Å². The van der Waals surface area contributed by atoms with Crippen LogP contribution < -0.4 is 14.5 Å². The standard InChI is InChI=1S/C48H42N5O.Pd/c1-47(2,3)33-23-24-49-44(29-33)53-43-31-38(21-22-41(43)45-46(53)40-19-13-14-20-42(40)52(45)36-17-11-8-12-18-36)54-39-28-34(48(4,5)6)27-37(30-39)51-26-25-50(32-51)35-15-9-7-10-16-35;/h7-29,32H,1-6H3;/q-3;. The Morgan fingerprint density at radius 3 is 1.96 bits per heavy atom. The number of benzene rings is 5. The summed E-state index contributed by atoms with van der Waals surface area (Å²) in [6, 6.07) is 49.6. The van der Waals surface area contributed by atoms with E-state index in [1.807, 2.05) is 30.5 Å². The van der Waals surface area contributed by atoms with Crippen LogP contribution >= 0.6 is 0 Å². The van der Waals surface area contributed by atoms with Crippen molar-refractivity contribution < 1.29 is 25.2 Å². The first-order valence-corrected chi connectivity index (χ1v) is 18.5. The number of para-hydroxylation sites is 3. The van der Waals surface area contributed by atoms with E-state index in [9.17, 15) is 0 Å². The number of aromatic nitrogens is 3. The number of nitrogens with zero attached hydrogens (tertiary/aromatic N) is 5. The van der Waals surface area contributed by atoms with Gasteiger partial charge in [0.15, 0.2) is 0 Å². The van der Waals surface area contributed by atoms with Crippen molar-refractivity contribution in [2.75, 3.05) is 9.80 Å². The first kappa shape index (κ1) is 36.4. The van der Waals surface area contributed by atoms with E-state index in [1.54, 1.807) is 0 Å². The molecule has 55 heavy (non-hydrogen) atoms. The van der Waals surface area contributed by atoms with E-state index in [-0.39, 0.29) is 31.3 Å². The summed E-state index contributed by atoms with van der Waals surface area (Å²) in [5.74, 6) is 2.07. The van der Waals surface area contributed by atoms with Crippen LogP contribution in [0.25, 0.3) is 44.3 Å². The average Bonchev–Trinajstić information content (AvgIpc) is 3.88. The van der Waals surface area contributed by atoms with E-state index < -0.39 is 0 Å². The summed E-state index contributed by atoms with van der Waals surface area (Å²) in [5, 5.41) is 2.20. The second kappa shape index (κ2) is 13.9. The number of anilines is 2. The van der Waals surface area contributed by atoms with Crippen molar-refractivity contribution in [3.8, 4) is 23.0 Å². The minimum atomic E-state index is -0.119. The fraction of sp³-hybridized carbons (Fsp3) is 0.167. The molecule has 0 aliphatic carbocycles. The zero-order valence-corrected chi connectivity index (χ0v) is 33.4. The van der Waals surface area contributed by atoms with Gasteiger partial charge in [-0.15, -0.1) is 48.3 Å². The molecule has 1 aliphatic heterocycles. The second-order valence-corrected chi connectivity index (χ2v) is 16.0. The molecule has 7 heteroatoms. The third kappa shape index (κ3) is 6.62. The van der Waals surface area contributed by atoms with E-state index in [1.165, 1.54) is 5.56 Å². The van der Waals surface area contributed by atoms with E-state index in [4.69, 9.17) is 9.72 Å². The van der Waals surface area contributed by atoms with Crippen molar-refractivity contribution in [2.45, 2.75) is 52.4 Å². The van der Waals surface area contributed by atoms with Gasteiger partial charge >= 0.3 is 0 Å². The second-order valence-electron chi connectivity index (χ2n) is 16.0. The number of hydrogen-bond donors (Lipinski definition) is 0. The van der Waals surface area contributed by atoms with Gasteiger partial charge in [-0.05, 0) is 71.3 Å². The third-order valence-electron chi connectivity index (χ3n) is 10.2. The van der Waals surface area contributed by atoms with Crippen molar-refractivity contribution >= 4 is 44.2 Å². The maximum absolute atomic E-state index is 6.75. The summed E-state index contributed by atoms with van der Waals surface area (Å²) in [5.41, 5.74) is 9.48. The molecule has 1 aliphatic rings. The fourth-order valence-corrected chi connectivity index (χ4v) is 7.31. The molecular formula is C48H42N5OPd-3. The largest absolute Gasteiger partial charge is 0.509 e. The molecule has 0 unspecified atom stereocenters. The van der Waals surface area contributed by atoms with Gasteiger partial charge in [-0.2, -0.15) is 6.07 Å². The summed E-state index contributed by atoms with van der Waals surface area (Å²) < 4.78 is 11.4. The first-order valence-electron chi connectivity index (χ1n) is 18.5. The van der Waals surface area contributed by atoms with Gasteiger partial charge in [0.2, 0.25) is 0 Å². The quantitative estimate of drug-likeness (QED) is 0.124. The Balaban J connectivity index is 0.00000427. The molecule has 6 nitrogen and oxygen atoms in total. The van der Waals surface area contributed by atoms with Gasteiger partial charge < -0.3 is 23.7 Å². The smallest absolute Gasteiger partial charge is 0.135 e. The third-order valence-corrected chi connectivity index (χ3v) is 10.2. The van der Waals surface area contributed by atoms with Gasteiger partial charge in [0.1, 0.15) is 5.82 Å². The molecule has 8 aromatic rings. The molecule has 9 rings (SSSR count). The number of hydrogen-bond acceptors (Lipinski definition) is 4. The fourth-order valence-electron chi connectivity index (χ4n) is 7.31. The van der Waals surface area contributed by atoms with Crippen molar-refractivity contribution in [2.24, 2.45) is 0 Å². The molecule has 0 atom stereocenters. The van der Waals surface area contributed by atoms with Crippen LogP contribution in [-0.2, 0) is 31.3 Å². The van der Waals surface area contributed by atoms with Crippen LogP contribution in [0.15, 0.2) is 140 Å². The Labute approximate surface area is 336 Å². The SMILES string of the molecule is CC(C)(C)c1cc(Oc2[c-]c3c(cc2)c2c(c4ccccc4n2-c2ccccc2)n3-c2cc(C(C)(C)C)ccn2)[c-]c(N2C=CN(c3ccccc3)[CH-]2)c1.[Pd]. The van der Waals surface area contributed by atoms with E-state index in [2.05, 4.69) is 189 Å². The van der Waals surface area contributed by atoms with Gasteiger partial charge in [0, 0.05) is 60.4 Å². The molecule has 0 saturated carbocycles. The summed E-state index contributed by atoms with van der Waals surface area (Å²) in [4.78, 5) is 9.18. The number of ether oxygens (including phenoxy) is 1. The minimum Gasteiger partial charge on any atom is -0.509 e. The molecular weight excluding hydrogens is 769 g/mol. The van der Waals surface area contributed by atoms with Crippen LogP contribution in [0, 0.1) is 18.8 Å². The Morgan fingerprint density at radius 1 is 0.582 bits per heavy atom. The molecule has 0 N–H and O–H groups in total. The van der Waals surface area contributed by atoms with Gasteiger partial charge in [-0.1, -0.05) is 107 Å². The normalized spacial score (nSPS) is 13.3. The Morgan fingerprint density at radius 2 is 1.24 bits per heavy atom. The molecule has 4 heterocycles. The van der Waals surface area contributed by atoms with Crippen LogP contribution in [0.3, 0.4) is 0 Å². The first-order chi connectivity index (χ1) is 26.0. The minimum absolute atomic E-state index is 0.